The zero-order valence-electron chi connectivity index (χ0n) is 14.5. The number of rotatable bonds is 5. The molecular weight excluding hydrogens is 398 g/mol. The van der Waals surface area contributed by atoms with Gasteiger partial charge in [0.1, 0.15) is 11.2 Å². The van der Waals surface area contributed by atoms with E-state index in [4.69, 9.17) is 0 Å². The summed E-state index contributed by atoms with van der Waals surface area (Å²) in [4.78, 5) is 20.4. The normalized spacial score (nSPS) is 13.9. The van der Waals surface area contributed by atoms with E-state index in [9.17, 15) is 4.79 Å². The molecule has 0 aliphatic heterocycles. The largest absolute Gasteiger partial charge is 0.350 e. The number of carbonyl (C=O) groups excluding carboxylic acids is 1. The summed E-state index contributed by atoms with van der Waals surface area (Å²) in [5, 5.41) is 15.6. The maximum atomic E-state index is 12.1. The first-order valence-electron chi connectivity index (χ1n) is 8.85. The van der Waals surface area contributed by atoms with E-state index in [-0.39, 0.29) is 5.91 Å². The molecule has 0 fully saturated rings. The van der Waals surface area contributed by atoms with Crippen molar-refractivity contribution in [3.63, 3.8) is 0 Å². The van der Waals surface area contributed by atoms with Crippen molar-refractivity contribution in [2.45, 2.75) is 37.4 Å². The van der Waals surface area contributed by atoms with E-state index in [1.165, 1.54) is 35.0 Å². The molecule has 4 aromatic rings. The molecule has 1 aliphatic carbocycles. The first-order valence-corrected chi connectivity index (χ1v) is 11.5. The molecule has 1 aliphatic rings. The standard InChI is InChI=1S/C18H17N5OS3/c24-14(19-8-11-4-3-7-25-11)9-26-18-22-21-16-15-12-5-1-2-6-13(12)27-17(15)20-10-23(16)18/h3-4,7,10H,1-2,5-6,8-9H2,(H,19,24). The predicted molar refractivity (Wildman–Crippen MR) is 110 cm³/mol. The van der Waals surface area contributed by atoms with Gasteiger partial charge in [-0.25, -0.2) is 4.98 Å². The Morgan fingerprint density at radius 3 is 3.11 bits per heavy atom. The first-order chi connectivity index (χ1) is 13.3. The molecule has 27 heavy (non-hydrogen) atoms. The Balaban J connectivity index is 1.36. The third-order valence-corrected chi connectivity index (χ3v) is 7.72. The van der Waals surface area contributed by atoms with Crippen LogP contribution < -0.4 is 5.32 Å². The van der Waals surface area contributed by atoms with Gasteiger partial charge >= 0.3 is 0 Å². The number of thiophene rings is 2. The molecule has 0 radical (unpaired) electrons. The van der Waals surface area contributed by atoms with Crippen LogP contribution in [-0.4, -0.2) is 31.2 Å². The lowest BCUT2D eigenvalue weighted by Gasteiger charge is -2.10. The number of aryl methyl sites for hydroxylation is 2. The van der Waals surface area contributed by atoms with E-state index < -0.39 is 0 Å². The lowest BCUT2D eigenvalue weighted by Crippen LogP contribution is -2.24. The van der Waals surface area contributed by atoms with Crippen LogP contribution in [0.2, 0.25) is 0 Å². The minimum absolute atomic E-state index is 0.00731. The molecule has 1 amide bonds. The molecule has 4 aromatic heterocycles. The van der Waals surface area contributed by atoms with Crippen molar-refractivity contribution >= 4 is 56.2 Å². The van der Waals surface area contributed by atoms with Crippen LogP contribution in [0.25, 0.3) is 15.9 Å². The molecule has 5 rings (SSSR count). The average Bonchev–Trinajstić information content (AvgIpc) is 3.41. The van der Waals surface area contributed by atoms with Gasteiger partial charge in [-0.15, -0.1) is 32.9 Å². The van der Waals surface area contributed by atoms with E-state index in [0.717, 1.165) is 33.6 Å². The van der Waals surface area contributed by atoms with E-state index >= 15 is 0 Å². The highest BCUT2D eigenvalue weighted by Crippen LogP contribution is 2.37. The van der Waals surface area contributed by atoms with Gasteiger partial charge in [-0.2, -0.15) is 0 Å². The van der Waals surface area contributed by atoms with Gasteiger partial charge in [0, 0.05) is 9.75 Å². The van der Waals surface area contributed by atoms with Gasteiger partial charge in [-0.3, -0.25) is 9.20 Å². The Morgan fingerprint density at radius 2 is 2.22 bits per heavy atom. The van der Waals surface area contributed by atoms with Crippen molar-refractivity contribution < 1.29 is 4.79 Å². The molecule has 138 valence electrons. The molecule has 0 unspecified atom stereocenters. The quantitative estimate of drug-likeness (QED) is 0.503. The van der Waals surface area contributed by atoms with Gasteiger partial charge in [0.05, 0.1) is 17.7 Å². The van der Waals surface area contributed by atoms with Crippen molar-refractivity contribution in [2.24, 2.45) is 0 Å². The van der Waals surface area contributed by atoms with E-state index in [2.05, 4.69) is 20.5 Å². The maximum Gasteiger partial charge on any atom is 0.230 e. The van der Waals surface area contributed by atoms with Crippen LogP contribution in [0.15, 0.2) is 29.0 Å². The van der Waals surface area contributed by atoms with Gasteiger partial charge in [0.2, 0.25) is 5.91 Å². The Hall–Kier alpha value is -1.97. The maximum absolute atomic E-state index is 12.1. The van der Waals surface area contributed by atoms with E-state index in [0.29, 0.717) is 17.5 Å². The average molecular weight is 416 g/mol. The number of carbonyl (C=O) groups is 1. The van der Waals surface area contributed by atoms with Crippen LogP contribution in [0.5, 0.6) is 0 Å². The zero-order chi connectivity index (χ0) is 18.2. The van der Waals surface area contributed by atoms with Gasteiger partial charge in [-0.1, -0.05) is 17.8 Å². The lowest BCUT2D eigenvalue weighted by molar-refractivity contribution is -0.118. The van der Waals surface area contributed by atoms with Gasteiger partial charge in [0.25, 0.3) is 0 Å². The Bertz CT molecular complexity index is 1120. The van der Waals surface area contributed by atoms with Crippen molar-refractivity contribution in [2.75, 3.05) is 5.75 Å². The summed E-state index contributed by atoms with van der Waals surface area (Å²) >= 11 is 4.82. The molecule has 0 spiro atoms. The molecule has 1 N–H and O–H groups in total. The van der Waals surface area contributed by atoms with Gasteiger partial charge in [0.15, 0.2) is 10.8 Å². The number of nitrogens with one attached hydrogen (secondary N) is 1. The van der Waals surface area contributed by atoms with Gasteiger partial charge < -0.3 is 5.32 Å². The molecule has 6 nitrogen and oxygen atoms in total. The fourth-order valence-corrected chi connectivity index (χ4v) is 6.01. The van der Waals surface area contributed by atoms with Crippen LogP contribution in [0.3, 0.4) is 0 Å². The zero-order valence-corrected chi connectivity index (χ0v) is 16.9. The molecule has 9 heteroatoms. The van der Waals surface area contributed by atoms with Crippen molar-refractivity contribution in [1.82, 2.24) is 24.9 Å². The fraction of sp³-hybridized carbons (Fsp3) is 0.333. The number of hydrogen-bond donors (Lipinski definition) is 1. The first kappa shape index (κ1) is 17.2. The second kappa shape index (κ2) is 7.21. The molecular formula is C18H17N5OS3. The Labute approximate surface area is 168 Å². The summed E-state index contributed by atoms with van der Waals surface area (Å²) in [5.74, 6) is 0.304. The highest BCUT2D eigenvalue weighted by Gasteiger charge is 2.21. The number of hydrogen-bond acceptors (Lipinski definition) is 7. The van der Waals surface area contributed by atoms with Crippen LogP contribution >= 0.6 is 34.4 Å². The molecule has 4 heterocycles. The van der Waals surface area contributed by atoms with E-state index in [1.54, 1.807) is 29.0 Å². The fourth-order valence-electron chi connectivity index (χ4n) is 3.41. The number of nitrogens with zero attached hydrogens (tertiary/aromatic N) is 4. The lowest BCUT2D eigenvalue weighted by atomic mass is 9.97. The summed E-state index contributed by atoms with van der Waals surface area (Å²) in [7, 11) is 0. The highest BCUT2D eigenvalue weighted by atomic mass is 32.2. The van der Waals surface area contributed by atoms with Crippen LogP contribution in [0, 0.1) is 0 Å². The molecule has 0 bridgehead atoms. The SMILES string of the molecule is O=C(CSc1nnc2c3c4c(sc3ncn12)CCCC4)NCc1cccs1. The summed E-state index contributed by atoms with van der Waals surface area (Å²) in [6.45, 7) is 0.570. The third-order valence-electron chi connectivity index (χ3n) is 4.70. The highest BCUT2D eigenvalue weighted by molar-refractivity contribution is 7.99. The monoisotopic (exact) mass is 415 g/mol. The van der Waals surface area contributed by atoms with Crippen LogP contribution in [-0.2, 0) is 24.2 Å². The summed E-state index contributed by atoms with van der Waals surface area (Å²) in [5.41, 5.74) is 2.26. The molecule has 0 saturated heterocycles. The Kier molecular flexibility index (Phi) is 4.58. The molecule has 0 aromatic carbocycles. The van der Waals surface area contributed by atoms with Crippen molar-refractivity contribution in [1.29, 1.82) is 0 Å². The minimum Gasteiger partial charge on any atom is -0.350 e. The molecule has 0 atom stereocenters. The number of amides is 1. The minimum atomic E-state index is -0.00731. The predicted octanol–water partition coefficient (Wildman–Crippen LogP) is 3.69. The van der Waals surface area contributed by atoms with Crippen molar-refractivity contribution in [3.8, 4) is 0 Å². The van der Waals surface area contributed by atoms with Crippen molar-refractivity contribution in [3.05, 3.63) is 39.2 Å². The Morgan fingerprint density at radius 1 is 1.30 bits per heavy atom. The second-order valence-electron chi connectivity index (χ2n) is 6.46. The topological polar surface area (TPSA) is 72.2 Å². The summed E-state index contributed by atoms with van der Waals surface area (Å²) in [6.07, 6.45) is 6.50. The number of fused-ring (bicyclic) bond motifs is 5. The molecule has 0 saturated carbocycles. The second-order valence-corrected chi connectivity index (χ2v) is 9.51. The third kappa shape index (κ3) is 3.24. The summed E-state index contributed by atoms with van der Waals surface area (Å²) in [6, 6.07) is 4.00. The van der Waals surface area contributed by atoms with Crippen LogP contribution in [0.4, 0.5) is 0 Å². The van der Waals surface area contributed by atoms with E-state index in [1.807, 2.05) is 21.9 Å². The van der Waals surface area contributed by atoms with Crippen LogP contribution in [0.1, 0.15) is 28.2 Å². The van der Waals surface area contributed by atoms with Gasteiger partial charge in [-0.05, 0) is 42.7 Å². The number of thioether (sulfide) groups is 1. The summed E-state index contributed by atoms with van der Waals surface area (Å²) < 4.78 is 1.92. The number of aromatic nitrogens is 4. The smallest absolute Gasteiger partial charge is 0.230 e.